The number of fused-ring (bicyclic) bond motifs is 1. The number of aryl methyl sites for hydroxylation is 1. The molecule has 0 unspecified atom stereocenters. The van der Waals surface area contributed by atoms with Crippen molar-refractivity contribution in [2.75, 3.05) is 11.9 Å². The molecule has 2 aromatic carbocycles. The van der Waals surface area contributed by atoms with Gasteiger partial charge >= 0.3 is 0 Å². The largest absolute Gasteiger partial charge is 0.345 e. The average molecular weight is 391 g/mol. The van der Waals surface area contributed by atoms with E-state index in [0.29, 0.717) is 22.7 Å². The Kier molecular flexibility index (Phi) is 6.12. The Hall–Kier alpha value is -3.41. The minimum atomic E-state index is -0.393. The highest BCUT2D eigenvalue weighted by atomic mass is 16.2. The molecular weight excluding hydrogens is 366 g/mol. The molecule has 0 radical (unpaired) electrons. The van der Waals surface area contributed by atoms with Crippen LogP contribution in [-0.4, -0.2) is 22.9 Å². The van der Waals surface area contributed by atoms with E-state index in [1.165, 1.54) is 10.1 Å². The van der Waals surface area contributed by atoms with Gasteiger partial charge < -0.3 is 15.2 Å². The van der Waals surface area contributed by atoms with E-state index in [2.05, 4.69) is 24.5 Å². The summed E-state index contributed by atoms with van der Waals surface area (Å²) in [5.74, 6) is -0.296. The molecule has 6 nitrogen and oxygen atoms in total. The zero-order valence-electron chi connectivity index (χ0n) is 16.9. The summed E-state index contributed by atoms with van der Waals surface area (Å²) in [6.45, 7) is 5.70. The fourth-order valence-corrected chi connectivity index (χ4v) is 3.16. The van der Waals surface area contributed by atoms with Crippen molar-refractivity contribution < 1.29 is 9.59 Å². The number of hydrogen-bond donors (Lipinski definition) is 2. The lowest BCUT2D eigenvalue weighted by Gasteiger charge is -2.12. The van der Waals surface area contributed by atoms with Crippen LogP contribution in [0, 0.1) is 6.92 Å². The summed E-state index contributed by atoms with van der Waals surface area (Å²) in [5, 5.41) is 6.73. The molecular formula is C23H25N3O3. The molecule has 3 rings (SSSR count). The van der Waals surface area contributed by atoms with E-state index >= 15 is 0 Å². The fourth-order valence-electron chi connectivity index (χ4n) is 3.16. The van der Waals surface area contributed by atoms with Gasteiger partial charge in [-0.2, -0.15) is 0 Å². The van der Waals surface area contributed by atoms with Crippen molar-refractivity contribution in [2.24, 2.45) is 0 Å². The number of amides is 2. The van der Waals surface area contributed by atoms with E-state index in [9.17, 15) is 14.4 Å². The molecule has 0 aliphatic heterocycles. The predicted molar refractivity (Wildman–Crippen MR) is 115 cm³/mol. The van der Waals surface area contributed by atoms with Crippen molar-refractivity contribution in [3.63, 3.8) is 0 Å². The SMILES string of the molecule is Cc1cc2ccccc2c(=O)n1CC(=O)NCC(=O)Nc1ccc(C(C)C)cc1. The molecule has 2 N–H and O–H groups in total. The second-order valence-electron chi connectivity index (χ2n) is 7.37. The van der Waals surface area contributed by atoms with E-state index in [1.54, 1.807) is 19.1 Å². The molecule has 0 bridgehead atoms. The Morgan fingerprint density at radius 1 is 1.00 bits per heavy atom. The highest BCUT2D eigenvalue weighted by Gasteiger charge is 2.11. The van der Waals surface area contributed by atoms with Crippen LogP contribution in [0.25, 0.3) is 10.8 Å². The van der Waals surface area contributed by atoms with Gasteiger partial charge in [0.1, 0.15) is 6.54 Å². The van der Waals surface area contributed by atoms with Gasteiger partial charge in [0, 0.05) is 16.8 Å². The van der Waals surface area contributed by atoms with Crippen LogP contribution in [0.4, 0.5) is 5.69 Å². The maximum absolute atomic E-state index is 12.6. The van der Waals surface area contributed by atoms with Crippen molar-refractivity contribution in [2.45, 2.75) is 33.2 Å². The first-order chi connectivity index (χ1) is 13.8. The summed E-state index contributed by atoms with van der Waals surface area (Å²) >= 11 is 0. The van der Waals surface area contributed by atoms with E-state index in [1.807, 2.05) is 42.5 Å². The van der Waals surface area contributed by atoms with Crippen LogP contribution in [0.2, 0.25) is 0 Å². The van der Waals surface area contributed by atoms with Crippen molar-refractivity contribution in [3.05, 3.63) is 76.2 Å². The predicted octanol–water partition coefficient (Wildman–Crippen LogP) is 3.19. The topological polar surface area (TPSA) is 80.2 Å². The second-order valence-corrected chi connectivity index (χ2v) is 7.37. The molecule has 0 saturated carbocycles. The maximum atomic E-state index is 12.6. The third kappa shape index (κ3) is 4.90. The Morgan fingerprint density at radius 2 is 1.69 bits per heavy atom. The summed E-state index contributed by atoms with van der Waals surface area (Å²) in [5.41, 5.74) is 2.34. The summed E-state index contributed by atoms with van der Waals surface area (Å²) in [4.78, 5) is 37.0. The molecule has 2 amide bonds. The molecule has 150 valence electrons. The lowest BCUT2D eigenvalue weighted by atomic mass is 10.0. The van der Waals surface area contributed by atoms with Crippen molar-refractivity contribution >= 4 is 28.3 Å². The third-order valence-corrected chi connectivity index (χ3v) is 4.84. The van der Waals surface area contributed by atoms with Gasteiger partial charge in [0.25, 0.3) is 5.56 Å². The number of benzene rings is 2. The molecule has 0 aliphatic rings. The second kappa shape index (κ2) is 8.73. The highest BCUT2D eigenvalue weighted by Crippen LogP contribution is 2.17. The maximum Gasteiger partial charge on any atom is 0.259 e. The van der Waals surface area contributed by atoms with E-state index in [-0.39, 0.29) is 24.6 Å². The van der Waals surface area contributed by atoms with Crippen molar-refractivity contribution in [1.29, 1.82) is 0 Å². The minimum absolute atomic E-state index is 0.133. The lowest BCUT2D eigenvalue weighted by Crippen LogP contribution is -2.37. The van der Waals surface area contributed by atoms with Gasteiger partial charge in [-0.3, -0.25) is 14.4 Å². The van der Waals surface area contributed by atoms with Crippen molar-refractivity contribution in [3.8, 4) is 0 Å². The molecule has 1 aromatic heterocycles. The van der Waals surface area contributed by atoms with Crippen molar-refractivity contribution in [1.82, 2.24) is 9.88 Å². The van der Waals surface area contributed by atoms with Gasteiger partial charge in [0.2, 0.25) is 11.8 Å². The molecule has 29 heavy (non-hydrogen) atoms. The van der Waals surface area contributed by atoms with Gasteiger partial charge in [-0.25, -0.2) is 0 Å². The monoisotopic (exact) mass is 391 g/mol. The fraction of sp³-hybridized carbons (Fsp3) is 0.261. The summed E-state index contributed by atoms with van der Waals surface area (Å²) in [6, 6.07) is 16.8. The first-order valence-corrected chi connectivity index (χ1v) is 9.61. The van der Waals surface area contributed by atoms with E-state index < -0.39 is 5.91 Å². The normalized spacial score (nSPS) is 10.9. The lowest BCUT2D eigenvalue weighted by molar-refractivity contribution is -0.124. The molecule has 0 fully saturated rings. The zero-order chi connectivity index (χ0) is 21.0. The quantitative estimate of drug-likeness (QED) is 0.677. The van der Waals surface area contributed by atoms with Crippen LogP contribution in [0.15, 0.2) is 59.4 Å². The standard InChI is InChI=1S/C23H25N3O3/c1-15(2)17-8-10-19(11-9-17)25-21(27)13-24-22(28)14-26-16(3)12-18-6-4-5-7-20(18)23(26)29/h4-12,15H,13-14H2,1-3H3,(H,24,28)(H,25,27). The van der Waals surface area contributed by atoms with Crippen LogP contribution in [-0.2, 0) is 16.1 Å². The molecule has 6 heteroatoms. The van der Waals surface area contributed by atoms with Gasteiger partial charge in [-0.05, 0) is 48.1 Å². The molecule has 0 saturated heterocycles. The molecule has 0 spiro atoms. The van der Waals surface area contributed by atoms with Gasteiger partial charge in [0.05, 0.1) is 6.54 Å². The number of carbonyl (C=O) groups excluding carboxylic acids is 2. The Labute approximate surface area is 169 Å². The van der Waals surface area contributed by atoms with Gasteiger partial charge in [-0.15, -0.1) is 0 Å². The van der Waals surface area contributed by atoms with E-state index in [0.717, 1.165) is 5.39 Å². The Balaban J connectivity index is 1.59. The third-order valence-electron chi connectivity index (χ3n) is 4.84. The highest BCUT2D eigenvalue weighted by molar-refractivity contribution is 5.94. The Bertz CT molecular complexity index is 1100. The number of nitrogens with one attached hydrogen (secondary N) is 2. The Morgan fingerprint density at radius 3 is 2.38 bits per heavy atom. The number of aromatic nitrogens is 1. The number of hydrogen-bond acceptors (Lipinski definition) is 3. The zero-order valence-corrected chi connectivity index (χ0v) is 16.9. The number of rotatable bonds is 6. The summed E-state index contributed by atoms with van der Waals surface area (Å²) in [6.07, 6.45) is 0. The molecule has 0 atom stereocenters. The summed E-state index contributed by atoms with van der Waals surface area (Å²) in [7, 11) is 0. The summed E-state index contributed by atoms with van der Waals surface area (Å²) < 4.78 is 1.42. The smallest absolute Gasteiger partial charge is 0.259 e. The number of pyridine rings is 1. The number of nitrogens with zero attached hydrogens (tertiary/aromatic N) is 1. The molecule has 3 aromatic rings. The van der Waals surface area contributed by atoms with Crippen LogP contribution >= 0.6 is 0 Å². The number of carbonyl (C=O) groups is 2. The van der Waals surface area contributed by atoms with Gasteiger partial charge in [-0.1, -0.05) is 44.2 Å². The van der Waals surface area contributed by atoms with E-state index in [4.69, 9.17) is 0 Å². The molecule has 1 heterocycles. The number of anilines is 1. The van der Waals surface area contributed by atoms with Crippen LogP contribution in [0.1, 0.15) is 31.0 Å². The molecule has 0 aliphatic carbocycles. The van der Waals surface area contributed by atoms with Crippen LogP contribution in [0.3, 0.4) is 0 Å². The van der Waals surface area contributed by atoms with Crippen LogP contribution in [0.5, 0.6) is 0 Å². The average Bonchev–Trinajstić information content (AvgIpc) is 2.70. The van der Waals surface area contributed by atoms with Gasteiger partial charge in [0.15, 0.2) is 0 Å². The first-order valence-electron chi connectivity index (χ1n) is 9.61. The minimum Gasteiger partial charge on any atom is -0.345 e. The first kappa shape index (κ1) is 20.3. The van der Waals surface area contributed by atoms with Crippen LogP contribution < -0.4 is 16.2 Å².